The Balaban J connectivity index is 2.47. The van der Waals surface area contributed by atoms with Gasteiger partial charge in [0.1, 0.15) is 17.1 Å². The normalized spacial score (nSPS) is 12.0. The van der Waals surface area contributed by atoms with Crippen LogP contribution in [-0.4, -0.2) is 25.2 Å². The highest BCUT2D eigenvalue weighted by Crippen LogP contribution is 2.23. The van der Waals surface area contributed by atoms with Gasteiger partial charge in [0.2, 0.25) is 5.88 Å². The molecule has 16 heavy (non-hydrogen) atoms. The van der Waals surface area contributed by atoms with E-state index in [0.717, 1.165) is 6.42 Å². The summed E-state index contributed by atoms with van der Waals surface area (Å²) >= 11 is 5.88. The lowest BCUT2D eigenvalue weighted by molar-refractivity contribution is 0.0956. The molecule has 0 N–H and O–H groups in total. The highest BCUT2D eigenvalue weighted by molar-refractivity contribution is 6.29. The van der Waals surface area contributed by atoms with E-state index in [1.807, 2.05) is 13.8 Å². The van der Waals surface area contributed by atoms with Crippen LogP contribution in [0.15, 0.2) is 12.4 Å². The Bertz CT molecular complexity index is 508. The Morgan fingerprint density at radius 1 is 1.50 bits per heavy atom. The molecule has 86 valence electrons. The van der Waals surface area contributed by atoms with Crippen molar-refractivity contribution in [2.24, 2.45) is 0 Å². The summed E-state index contributed by atoms with van der Waals surface area (Å²) in [6, 6.07) is 1.64. The Morgan fingerprint density at radius 3 is 2.94 bits per heavy atom. The molecular formula is C10H13ClN4O. The minimum absolute atomic E-state index is 0.274. The highest BCUT2D eigenvalue weighted by atomic mass is 35.5. The fourth-order valence-electron chi connectivity index (χ4n) is 1.19. The van der Waals surface area contributed by atoms with Gasteiger partial charge >= 0.3 is 0 Å². The first-order chi connectivity index (χ1) is 7.52. The van der Waals surface area contributed by atoms with E-state index in [0.29, 0.717) is 16.8 Å². The number of nitrogens with zero attached hydrogens (tertiary/aromatic N) is 4. The van der Waals surface area contributed by atoms with Gasteiger partial charge in [-0.2, -0.15) is 19.6 Å². The second kappa shape index (κ2) is 3.90. The van der Waals surface area contributed by atoms with Gasteiger partial charge in [0.05, 0.1) is 0 Å². The molecule has 0 aliphatic carbocycles. The molecule has 2 rings (SSSR count). The van der Waals surface area contributed by atoms with E-state index in [1.165, 1.54) is 10.8 Å². The van der Waals surface area contributed by atoms with Crippen LogP contribution < -0.4 is 4.74 Å². The molecule has 2 aromatic heterocycles. The number of hydrogen-bond donors (Lipinski definition) is 0. The van der Waals surface area contributed by atoms with E-state index in [4.69, 9.17) is 16.3 Å². The lowest BCUT2D eigenvalue weighted by Gasteiger charge is -2.24. The van der Waals surface area contributed by atoms with Crippen LogP contribution >= 0.6 is 11.6 Å². The molecule has 0 atom stereocenters. The van der Waals surface area contributed by atoms with E-state index >= 15 is 0 Å². The number of fused-ring (bicyclic) bond motifs is 1. The molecule has 0 radical (unpaired) electrons. The van der Waals surface area contributed by atoms with E-state index < -0.39 is 0 Å². The van der Waals surface area contributed by atoms with E-state index in [9.17, 15) is 0 Å². The second-order valence-electron chi connectivity index (χ2n) is 4.10. The van der Waals surface area contributed by atoms with Gasteiger partial charge in [-0.05, 0) is 20.3 Å². The maximum absolute atomic E-state index is 5.88. The molecule has 2 aromatic rings. The van der Waals surface area contributed by atoms with Crippen LogP contribution in [0.1, 0.15) is 27.2 Å². The number of halogens is 1. The van der Waals surface area contributed by atoms with Gasteiger partial charge in [0.15, 0.2) is 0 Å². The van der Waals surface area contributed by atoms with E-state index in [-0.39, 0.29) is 5.60 Å². The van der Waals surface area contributed by atoms with E-state index in [2.05, 4.69) is 22.0 Å². The molecule has 6 heteroatoms. The van der Waals surface area contributed by atoms with Crippen molar-refractivity contribution in [3.8, 4) is 5.88 Å². The minimum atomic E-state index is -0.274. The van der Waals surface area contributed by atoms with Crippen molar-refractivity contribution < 1.29 is 4.74 Å². The summed E-state index contributed by atoms with van der Waals surface area (Å²) in [7, 11) is 0. The molecule has 0 aliphatic rings. The molecular weight excluding hydrogens is 228 g/mol. The van der Waals surface area contributed by atoms with Crippen molar-refractivity contribution in [1.82, 2.24) is 19.6 Å². The quantitative estimate of drug-likeness (QED) is 0.773. The Labute approximate surface area is 98.4 Å². The summed E-state index contributed by atoms with van der Waals surface area (Å²) in [5.74, 6) is 0.994. The first-order valence-corrected chi connectivity index (χ1v) is 5.45. The number of ether oxygens (including phenoxy) is 1. The smallest absolute Gasteiger partial charge is 0.256 e. The third-order valence-electron chi connectivity index (χ3n) is 2.42. The van der Waals surface area contributed by atoms with Crippen molar-refractivity contribution in [3.63, 3.8) is 0 Å². The molecule has 0 spiro atoms. The average molecular weight is 241 g/mol. The molecule has 0 saturated heterocycles. The van der Waals surface area contributed by atoms with Gasteiger partial charge < -0.3 is 4.74 Å². The van der Waals surface area contributed by atoms with Crippen molar-refractivity contribution in [3.05, 3.63) is 17.5 Å². The number of hydrogen-bond acceptors (Lipinski definition) is 4. The third-order valence-corrected chi connectivity index (χ3v) is 2.61. The fourth-order valence-corrected chi connectivity index (χ4v) is 1.35. The predicted octanol–water partition coefficient (Wildman–Crippen LogP) is 2.35. The topological polar surface area (TPSA) is 52.3 Å². The lowest BCUT2D eigenvalue weighted by atomic mass is 10.1. The van der Waals surface area contributed by atoms with Crippen LogP contribution in [0.3, 0.4) is 0 Å². The zero-order valence-electron chi connectivity index (χ0n) is 9.44. The monoisotopic (exact) mass is 240 g/mol. The Morgan fingerprint density at radius 2 is 2.25 bits per heavy atom. The highest BCUT2D eigenvalue weighted by Gasteiger charge is 2.19. The van der Waals surface area contributed by atoms with Crippen LogP contribution in [0.2, 0.25) is 5.15 Å². The number of rotatable bonds is 3. The van der Waals surface area contributed by atoms with Gasteiger partial charge in [-0.1, -0.05) is 18.5 Å². The summed E-state index contributed by atoms with van der Waals surface area (Å²) < 4.78 is 7.37. The molecule has 0 fully saturated rings. The summed E-state index contributed by atoms with van der Waals surface area (Å²) in [5.41, 5.74) is -0.274. The minimum Gasteiger partial charge on any atom is -0.471 e. The third kappa shape index (κ3) is 2.09. The fraction of sp³-hybridized carbons (Fsp3) is 0.500. The summed E-state index contributed by atoms with van der Waals surface area (Å²) in [6.45, 7) is 6.07. The maximum atomic E-state index is 5.88. The molecule has 0 amide bonds. The van der Waals surface area contributed by atoms with Gasteiger partial charge in [0, 0.05) is 6.07 Å². The van der Waals surface area contributed by atoms with Crippen LogP contribution in [0.25, 0.3) is 5.78 Å². The summed E-state index contributed by atoms with van der Waals surface area (Å²) in [4.78, 5) is 8.00. The first-order valence-electron chi connectivity index (χ1n) is 5.07. The van der Waals surface area contributed by atoms with Gasteiger partial charge in [0.25, 0.3) is 5.78 Å². The molecule has 0 unspecified atom stereocenters. The number of aromatic nitrogens is 4. The molecule has 0 saturated carbocycles. The van der Waals surface area contributed by atoms with Crippen molar-refractivity contribution in [1.29, 1.82) is 0 Å². The first kappa shape index (κ1) is 11.1. The largest absolute Gasteiger partial charge is 0.471 e. The van der Waals surface area contributed by atoms with Crippen LogP contribution in [0.4, 0.5) is 0 Å². The van der Waals surface area contributed by atoms with Crippen LogP contribution in [0, 0.1) is 0 Å². The van der Waals surface area contributed by atoms with E-state index in [1.54, 1.807) is 6.07 Å². The maximum Gasteiger partial charge on any atom is 0.256 e. The van der Waals surface area contributed by atoms with Crippen molar-refractivity contribution >= 4 is 17.4 Å². The molecule has 2 heterocycles. The van der Waals surface area contributed by atoms with Crippen molar-refractivity contribution in [2.45, 2.75) is 32.8 Å². The Hall–Kier alpha value is -1.36. The standard InChI is InChI=1S/C10H13ClN4O/c1-4-10(2,3)16-8-5-7(11)14-9-12-6-13-15(8)9/h5-6H,4H2,1-3H3. The molecule has 5 nitrogen and oxygen atoms in total. The van der Waals surface area contributed by atoms with Crippen LogP contribution in [-0.2, 0) is 0 Å². The van der Waals surface area contributed by atoms with Crippen molar-refractivity contribution in [2.75, 3.05) is 0 Å². The van der Waals surface area contributed by atoms with Gasteiger partial charge in [-0.15, -0.1) is 0 Å². The van der Waals surface area contributed by atoms with Gasteiger partial charge in [-0.25, -0.2) is 0 Å². The summed E-state index contributed by atoms with van der Waals surface area (Å²) in [5, 5.41) is 4.39. The average Bonchev–Trinajstić information content (AvgIpc) is 2.65. The summed E-state index contributed by atoms with van der Waals surface area (Å²) in [6.07, 6.45) is 2.30. The molecule has 0 bridgehead atoms. The van der Waals surface area contributed by atoms with Crippen LogP contribution in [0.5, 0.6) is 5.88 Å². The second-order valence-corrected chi connectivity index (χ2v) is 4.49. The van der Waals surface area contributed by atoms with Gasteiger partial charge in [-0.3, -0.25) is 0 Å². The Kier molecular flexibility index (Phi) is 2.71. The molecule has 0 aromatic carbocycles. The lowest BCUT2D eigenvalue weighted by Crippen LogP contribution is -2.28. The zero-order chi connectivity index (χ0) is 11.8. The predicted molar refractivity (Wildman–Crippen MR) is 60.8 cm³/mol. The SMILES string of the molecule is CCC(C)(C)Oc1cc(Cl)nc2ncnn12. The molecule has 0 aliphatic heterocycles. The zero-order valence-corrected chi connectivity index (χ0v) is 10.2.